The Balaban J connectivity index is 0.000000301. The number of methoxy groups -OCH3 is 1. The minimum atomic E-state index is -3.44. The van der Waals surface area contributed by atoms with Gasteiger partial charge in [-0.1, -0.05) is 42.5 Å². The third-order valence-electron chi connectivity index (χ3n) is 6.18. The van der Waals surface area contributed by atoms with Crippen molar-refractivity contribution in [2.45, 2.75) is 6.54 Å². The topological polar surface area (TPSA) is 67.7 Å². The van der Waals surface area contributed by atoms with E-state index in [2.05, 4.69) is 37.3 Å². The molecule has 0 aliphatic carbocycles. The van der Waals surface area contributed by atoms with Crippen molar-refractivity contribution < 1.29 is 13.2 Å². The van der Waals surface area contributed by atoms with Crippen molar-refractivity contribution in [3.8, 4) is 5.75 Å². The molecule has 1 aliphatic heterocycles. The molecule has 0 unspecified atom stereocenters. The minimum absolute atomic E-state index is 0.0755. The summed E-state index contributed by atoms with van der Waals surface area (Å²) in [5, 5.41) is 0.988. The lowest BCUT2D eigenvalue weighted by Gasteiger charge is -2.35. The largest absolute Gasteiger partial charge is 0.496 e. The molecule has 5 rings (SSSR count). The number of aromatic nitrogens is 2. The molecular formula is C28H31BrN4O3S. The molecule has 1 saturated heterocycles. The molecule has 1 aliphatic rings. The van der Waals surface area contributed by atoms with Gasteiger partial charge in [0.1, 0.15) is 11.6 Å². The first-order valence-electron chi connectivity index (χ1n) is 12.0. The molecule has 4 aromatic rings. The van der Waals surface area contributed by atoms with Crippen molar-refractivity contribution >= 4 is 42.7 Å². The summed E-state index contributed by atoms with van der Waals surface area (Å²) in [4.78, 5) is 9.08. The molecule has 2 aromatic heterocycles. The predicted octanol–water partition coefficient (Wildman–Crippen LogP) is 5.18. The number of benzene rings is 2. The average molecular weight is 584 g/mol. The van der Waals surface area contributed by atoms with Crippen LogP contribution in [0.2, 0.25) is 0 Å². The lowest BCUT2D eigenvalue weighted by molar-refractivity contribution is 0.250. The van der Waals surface area contributed by atoms with Gasteiger partial charge in [-0.05, 0) is 51.8 Å². The second-order valence-electron chi connectivity index (χ2n) is 8.62. The first-order chi connectivity index (χ1) is 17.9. The molecule has 0 bridgehead atoms. The highest BCUT2D eigenvalue weighted by atomic mass is 79.9. The predicted molar refractivity (Wildman–Crippen MR) is 154 cm³/mol. The molecular weight excluding hydrogens is 552 g/mol. The monoisotopic (exact) mass is 582 g/mol. The molecule has 0 spiro atoms. The van der Waals surface area contributed by atoms with Crippen LogP contribution in [0.5, 0.6) is 5.75 Å². The number of halogens is 1. The zero-order chi connectivity index (χ0) is 26.3. The fourth-order valence-electron chi connectivity index (χ4n) is 4.33. The quantitative estimate of drug-likeness (QED) is 0.280. The van der Waals surface area contributed by atoms with Gasteiger partial charge in [0, 0.05) is 50.5 Å². The van der Waals surface area contributed by atoms with Crippen molar-refractivity contribution in [1.82, 2.24) is 13.9 Å². The lowest BCUT2D eigenvalue weighted by Crippen LogP contribution is -2.46. The molecule has 194 valence electrons. The number of anilines is 1. The Kier molecular flexibility index (Phi) is 9.02. The molecule has 0 saturated carbocycles. The minimum Gasteiger partial charge on any atom is -0.496 e. The van der Waals surface area contributed by atoms with Gasteiger partial charge in [0.15, 0.2) is 0 Å². The summed E-state index contributed by atoms with van der Waals surface area (Å²) < 4.78 is 32.6. The zero-order valence-corrected chi connectivity index (χ0v) is 23.2. The Bertz CT molecular complexity index is 1430. The first-order valence-corrected chi connectivity index (χ1v) is 14.4. The highest BCUT2D eigenvalue weighted by Gasteiger charge is 2.22. The molecule has 1 fully saturated rings. The van der Waals surface area contributed by atoms with Crippen LogP contribution in [0.1, 0.15) is 5.56 Å². The lowest BCUT2D eigenvalue weighted by atomic mass is 10.1. The summed E-state index contributed by atoms with van der Waals surface area (Å²) >= 11 is 3.33. The van der Waals surface area contributed by atoms with E-state index >= 15 is 0 Å². The number of pyridine rings is 1. The van der Waals surface area contributed by atoms with Gasteiger partial charge < -0.3 is 9.64 Å². The Morgan fingerprint density at radius 1 is 1.00 bits per heavy atom. The van der Waals surface area contributed by atoms with Crippen molar-refractivity contribution in [2.24, 2.45) is 0 Å². The van der Waals surface area contributed by atoms with E-state index in [0.717, 1.165) is 65.2 Å². The molecule has 9 heteroatoms. The number of para-hydroxylation sites is 2. The SMILES string of the molecule is C=CCS(=O)(=O)n1cc(CN2CCN(c3ccccn3)CC2)c2ccccc21.COc1ccccc1Br. The summed E-state index contributed by atoms with van der Waals surface area (Å²) in [6, 6.07) is 21.4. The number of rotatable bonds is 7. The standard InChI is InChI=1S/C21H24N4O2S.C7H7BrO/c1-2-15-28(26,27)25-17-18(19-7-3-4-8-20(19)25)16-23-11-13-24(14-12-23)21-9-5-6-10-22-21;1-9-7-5-3-2-4-6(7)8/h2-10,17H,1,11-16H2;2-5H,1H3. The van der Waals surface area contributed by atoms with Crippen molar-refractivity contribution in [2.75, 3.05) is 43.9 Å². The number of ether oxygens (including phenoxy) is 1. The van der Waals surface area contributed by atoms with Gasteiger partial charge in [0.25, 0.3) is 0 Å². The van der Waals surface area contributed by atoms with Crippen LogP contribution < -0.4 is 9.64 Å². The van der Waals surface area contributed by atoms with Crippen molar-refractivity contribution in [3.63, 3.8) is 0 Å². The molecule has 3 heterocycles. The van der Waals surface area contributed by atoms with Crippen molar-refractivity contribution in [3.05, 3.63) is 102 Å². The van der Waals surface area contributed by atoms with Crippen LogP contribution >= 0.6 is 15.9 Å². The van der Waals surface area contributed by atoms with Crippen LogP contribution in [0.25, 0.3) is 10.9 Å². The second kappa shape index (κ2) is 12.4. The molecule has 0 radical (unpaired) electrons. The van der Waals surface area contributed by atoms with Crippen LogP contribution in [0.4, 0.5) is 5.82 Å². The van der Waals surface area contributed by atoms with E-state index in [0.29, 0.717) is 0 Å². The summed E-state index contributed by atoms with van der Waals surface area (Å²) in [6.45, 7) is 7.94. The van der Waals surface area contributed by atoms with E-state index < -0.39 is 10.0 Å². The van der Waals surface area contributed by atoms with Gasteiger partial charge in [0.05, 0.1) is 22.9 Å². The van der Waals surface area contributed by atoms with Gasteiger partial charge in [-0.2, -0.15) is 0 Å². The van der Waals surface area contributed by atoms with Gasteiger partial charge in [-0.25, -0.2) is 17.4 Å². The normalized spacial score (nSPS) is 14.2. The van der Waals surface area contributed by atoms with E-state index in [9.17, 15) is 8.42 Å². The van der Waals surface area contributed by atoms with E-state index in [1.807, 2.05) is 72.9 Å². The number of hydrogen-bond acceptors (Lipinski definition) is 6. The Morgan fingerprint density at radius 3 is 2.35 bits per heavy atom. The van der Waals surface area contributed by atoms with E-state index in [1.165, 1.54) is 10.0 Å². The van der Waals surface area contributed by atoms with Gasteiger partial charge >= 0.3 is 0 Å². The summed E-state index contributed by atoms with van der Waals surface area (Å²) in [7, 11) is -1.79. The molecule has 0 atom stereocenters. The van der Waals surface area contributed by atoms with E-state index in [4.69, 9.17) is 4.74 Å². The van der Waals surface area contributed by atoms with Crippen LogP contribution in [0, 0.1) is 0 Å². The number of hydrogen-bond donors (Lipinski definition) is 0. The van der Waals surface area contributed by atoms with Gasteiger partial charge in [-0.3, -0.25) is 4.90 Å². The van der Waals surface area contributed by atoms with Crippen molar-refractivity contribution in [1.29, 1.82) is 0 Å². The second-order valence-corrected chi connectivity index (χ2v) is 11.4. The molecule has 2 aromatic carbocycles. The number of nitrogens with zero attached hydrogens (tertiary/aromatic N) is 4. The maximum Gasteiger partial charge on any atom is 0.242 e. The maximum atomic E-state index is 12.6. The van der Waals surface area contributed by atoms with Crippen LogP contribution in [0.3, 0.4) is 0 Å². The fourth-order valence-corrected chi connectivity index (χ4v) is 5.98. The Hall–Kier alpha value is -3.14. The highest BCUT2D eigenvalue weighted by molar-refractivity contribution is 9.10. The highest BCUT2D eigenvalue weighted by Crippen LogP contribution is 2.25. The van der Waals surface area contributed by atoms with Crippen LogP contribution in [-0.2, 0) is 16.6 Å². The summed E-state index contributed by atoms with van der Waals surface area (Å²) in [6.07, 6.45) is 5.02. The first kappa shape index (κ1) is 26.9. The molecule has 7 nitrogen and oxygen atoms in total. The summed E-state index contributed by atoms with van der Waals surface area (Å²) in [5.41, 5.74) is 1.76. The molecule has 0 amide bonds. The number of piperazine rings is 1. The maximum absolute atomic E-state index is 12.6. The fraction of sp³-hybridized carbons (Fsp3) is 0.250. The van der Waals surface area contributed by atoms with E-state index in [1.54, 1.807) is 13.3 Å². The van der Waals surface area contributed by atoms with Gasteiger partial charge in [-0.15, -0.1) is 6.58 Å². The van der Waals surface area contributed by atoms with Crippen LogP contribution in [0.15, 0.2) is 96.3 Å². The summed E-state index contributed by atoms with van der Waals surface area (Å²) in [5.74, 6) is 1.81. The number of fused-ring (bicyclic) bond motifs is 1. The van der Waals surface area contributed by atoms with Crippen LogP contribution in [-0.4, -0.2) is 61.3 Å². The Labute approximate surface area is 227 Å². The average Bonchev–Trinajstić information content (AvgIpc) is 3.30. The zero-order valence-electron chi connectivity index (χ0n) is 20.8. The smallest absolute Gasteiger partial charge is 0.242 e. The van der Waals surface area contributed by atoms with E-state index in [-0.39, 0.29) is 5.75 Å². The third-order valence-corrected chi connectivity index (χ3v) is 8.40. The third kappa shape index (κ3) is 6.60. The molecule has 37 heavy (non-hydrogen) atoms. The van der Waals surface area contributed by atoms with Gasteiger partial charge in [0.2, 0.25) is 10.0 Å². The molecule has 0 N–H and O–H groups in total. The Morgan fingerprint density at radius 2 is 1.70 bits per heavy atom.